The monoisotopic (exact) mass is 227 g/mol. The fourth-order valence-electron chi connectivity index (χ4n) is 2.16. The molecule has 0 aliphatic heterocycles. The van der Waals surface area contributed by atoms with E-state index in [4.69, 9.17) is 0 Å². The van der Waals surface area contributed by atoms with Crippen molar-refractivity contribution in [1.82, 2.24) is 5.32 Å². The van der Waals surface area contributed by atoms with E-state index in [1.807, 2.05) is 0 Å². The van der Waals surface area contributed by atoms with Crippen molar-refractivity contribution in [2.75, 3.05) is 6.54 Å². The Morgan fingerprint density at radius 1 is 1.06 bits per heavy atom. The highest BCUT2D eigenvalue weighted by molar-refractivity contribution is 4.76. The predicted octanol–water partition coefficient (Wildman–Crippen LogP) is 4.47. The van der Waals surface area contributed by atoms with Crippen LogP contribution in [0.3, 0.4) is 0 Å². The van der Waals surface area contributed by atoms with Crippen molar-refractivity contribution in [3.05, 3.63) is 0 Å². The first kappa shape index (κ1) is 16.0. The summed E-state index contributed by atoms with van der Waals surface area (Å²) in [5, 5.41) is 3.65. The molecule has 0 aromatic heterocycles. The van der Waals surface area contributed by atoms with Crippen LogP contribution in [0.4, 0.5) is 0 Å². The lowest BCUT2D eigenvalue weighted by molar-refractivity contribution is 0.262. The van der Waals surface area contributed by atoms with Crippen LogP contribution in [0.15, 0.2) is 0 Å². The minimum absolute atomic E-state index is 0.251. The van der Waals surface area contributed by atoms with Crippen LogP contribution in [0, 0.1) is 17.8 Å². The van der Waals surface area contributed by atoms with Crippen LogP contribution in [0.2, 0.25) is 0 Å². The van der Waals surface area contributed by atoms with Gasteiger partial charge in [-0.2, -0.15) is 0 Å². The van der Waals surface area contributed by atoms with E-state index in [9.17, 15) is 0 Å². The Morgan fingerprint density at radius 2 is 1.62 bits per heavy atom. The van der Waals surface area contributed by atoms with Gasteiger partial charge in [0.2, 0.25) is 0 Å². The molecule has 1 heteroatoms. The zero-order valence-corrected chi connectivity index (χ0v) is 12.6. The van der Waals surface area contributed by atoms with E-state index in [2.05, 4.69) is 53.8 Å². The summed E-state index contributed by atoms with van der Waals surface area (Å²) in [4.78, 5) is 0. The molecule has 0 aliphatic carbocycles. The second kappa shape index (κ2) is 7.32. The van der Waals surface area contributed by atoms with Crippen molar-refractivity contribution < 1.29 is 0 Å². The van der Waals surface area contributed by atoms with Gasteiger partial charge in [0.15, 0.2) is 0 Å². The summed E-state index contributed by atoms with van der Waals surface area (Å²) in [5.41, 5.74) is 0.251. The summed E-state index contributed by atoms with van der Waals surface area (Å²) in [5.74, 6) is 2.48. The van der Waals surface area contributed by atoms with Crippen molar-refractivity contribution >= 4 is 0 Å². The van der Waals surface area contributed by atoms with E-state index in [0.29, 0.717) is 0 Å². The topological polar surface area (TPSA) is 12.0 Å². The number of nitrogens with one attached hydrogen (secondary N) is 1. The van der Waals surface area contributed by atoms with E-state index < -0.39 is 0 Å². The van der Waals surface area contributed by atoms with E-state index in [-0.39, 0.29) is 5.54 Å². The van der Waals surface area contributed by atoms with Gasteiger partial charge in [0.1, 0.15) is 0 Å². The molecule has 0 spiro atoms. The highest BCUT2D eigenvalue weighted by Gasteiger charge is 2.19. The number of hydrogen-bond acceptors (Lipinski definition) is 1. The summed E-state index contributed by atoms with van der Waals surface area (Å²) >= 11 is 0. The van der Waals surface area contributed by atoms with Gasteiger partial charge < -0.3 is 5.32 Å². The van der Waals surface area contributed by atoms with Gasteiger partial charge in [-0.3, -0.25) is 0 Å². The average Bonchev–Trinajstić information content (AvgIpc) is 2.10. The minimum Gasteiger partial charge on any atom is -0.312 e. The lowest BCUT2D eigenvalue weighted by atomic mass is 9.85. The smallest absolute Gasteiger partial charge is 0.00966 e. The van der Waals surface area contributed by atoms with E-state index in [1.54, 1.807) is 0 Å². The molecule has 0 aromatic rings. The molecule has 0 amide bonds. The largest absolute Gasteiger partial charge is 0.312 e. The number of rotatable bonds is 7. The Kier molecular flexibility index (Phi) is 7.30. The molecular formula is C15H33N. The Hall–Kier alpha value is -0.0400. The van der Waals surface area contributed by atoms with Crippen molar-refractivity contribution in [2.45, 2.75) is 73.3 Å². The normalized spacial score (nSPS) is 16.5. The Labute approximate surface area is 103 Å². The molecule has 0 saturated heterocycles. The Balaban J connectivity index is 4.08. The van der Waals surface area contributed by atoms with Crippen molar-refractivity contribution in [3.8, 4) is 0 Å². The molecule has 0 radical (unpaired) electrons. The molecule has 0 fully saturated rings. The van der Waals surface area contributed by atoms with E-state index >= 15 is 0 Å². The summed E-state index contributed by atoms with van der Waals surface area (Å²) in [6, 6.07) is 0. The molecule has 0 aromatic carbocycles. The first-order chi connectivity index (χ1) is 7.26. The van der Waals surface area contributed by atoms with Crippen LogP contribution >= 0.6 is 0 Å². The Morgan fingerprint density at radius 3 is 2.00 bits per heavy atom. The highest BCUT2D eigenvalue weighted by atomic mass is 14.9. The maximum atomic E-state index is 3.65. The van der Waals surface area contributed by atoms with Crippen molar-refractivity contribution in [1.29, 1.82) is 0 Å². The molecule has 0 aliphatic rings. The standard InChI is InChI=1S/C15H33N/c1-8-9-13(4)10-14(12(2)3)11-16-15(5,6)7/h12-14,16H,8-11H2,1-7H3. The molecule has 98 valence electrons. The van der Waals surface area contributed by atoms with Crippen molar-refractivity contribution in [3.63, 3.8) is 0 Å². The fourth-order valence-corrected chi connectivity index (χ4v) is 2.16. The summed E-state index contributed by atoms with van der Waals surface area (Å²) in [6.07, 6.45) is 4.06. The molecule has 0 bridgehead atoms. The molecule has 1 N–H and O–H groups in total. The van der Waals surface area contributed by atoms with Gasteiger partial charge in [-0.25, -0.2) is 0 Å². The lowest BCUT2D eigenvalue weighted by Gasteiger charge is -2.29. The van der Waals surface area contributed by atoms with Crippen molar-refractivity contribution in [2.24, 2.45) is 17.8 Å². The molecule has 2 unspecified atom stereocenters. The zero-order chi connectivity index (χ0) is 12.8. The van der Waals surface area contributed by atoms with Crippen LogP contribution in [0.25, 0.3) is 0 Å². The van der Waals surface area contributed by atoms with Crippen LogP contribution in [0.1, 0.15) is 67.7 Å². The molecule has 0 saturated carbocycles. The maximum Gasteiger partial charge on any atom is 0.00966 e. The van der Waals surface area contributed by atoms with Gasteiger partial charge in [-0.05, 0) is 51.5 Å². The SMILES string of the molecule is CCCC(C)CC(CNC(C)(C)C)C(C)C. The minimum atomic E-state index is 0.251. The van der Waals surface area contributed by atoms with Gasteiger partial charge in [-0.1, -0.05) is 40.5 Å². The molecule has 16 heavy (non-hydrogen) atoms. The predicted molar refractivity (Wildman–Crippen MR) is 74.8 cm³/mol. The molecule has 0 heterocycles. The van der Waals surface area contributed by atoms with Crippen LogP contribution in [-0.2, 0) is 0 Å². The van der Waals surface area contributed by atoms with Gasteiger partial charge >= 0.3 is 0 Å². The molecule has 1 nitrogen and oxygen atoms in total. The highest BCUT2D eigenvalue weighted by Crippen LogP contribution is 2.23. The second-order valence-corrected chi connectivity index (χ2v) is 6.76. The number of hydrogen-bond donors (Lipinski definition) is 1. The first-order valence-electron chi connectivity index (χ1n) is 7.01. The van der Waals surface area contributed by atoms with Crippen LogP contribution in [-0.4, -0.2) is 12.1 Å². The maximum absolute atomic E-state index is 3.65. The van der Waals surface area contributed by atoms with Gasteiger partial charge in [0.25, 0.3) is 0 Å². The third-order valence-electron chi connectivity index (χ3n) is 3.32. The summed E-state index contributed by atoms with van der Waals surface area (Å²) in [7, 11) is 0. The molecule has 2 atom stereocenters. The second-order valence-electron chi connectivity index (χ2n) is 6.76. The van der Waals surface area contributed by atoms with Crippen LogP contribution in [0.5, 0.6) is 0 Å². The van der Waals surface area contributed by atoms with Gasteiger partial charge in [0.05, 0.1) is 0 Å². The third-order valence-corrected chi connectivity index (χ3v) is 3.32. The van der Waals surface area contributed by atoms with E-state index in [0.717, 1.165) is 24.3 Å². The summed E-state index contributed by atoms with van der Waals surface area (Å²) in [6.45, 7) is 17.3. The first-order valence-corrected chi connectivity index (χ1v) is 7.01. The average molecular weight is 227 g/mol. The zero-order valence-electron chi connectivity index (χ0n) is 12.6. The van der Waals surface area contributed by atoms with Gasteiger partial charge in [-0.15, -0.1) is 0 Å². The molecular weight excluding hydrogens is 194 g/mol. The molecule has 0 rings (SSSR count). The van der Waals surface area contributed by atoms with Gasteiger partial charge in [0, 0.05) is 5.54 Å². The lowest BCUT2D eigenvalue weighted by Crippen LogP contribution is -2.40. The van der Waals surface area contributed by atoms with E-state index in [1.165, 1.54) is 19.3 Å². The quantitative estimate of drug-likeness (QED) is 0.676. The fraction of sp³-hybridized carbons (Fsp3) is 1.00. The van der Waals surface area contributed by atoms with Crippen LogP contribution < -0.4 is 5.32 Å². The summed E-state index contributed by atoms with van der Waals surface area (Å²) < 4.78 is 0. The Bertz CT molecular complexity index is 167. The third kappa shape index (κ3) is 8.15.